The summed E-state index contributed by atoms with van der Waals surface area (Å²) in [5, 5.41) is 10.3. The zero-order chi connectivity index (χ0) is 19.7. The molecule has 1 aromatic carbocycles. The van der Waals surface area contributed by atoms with Crippen LogP contribution in [-0.2, 0) is 24.3 Å². The lowest BCUT2D eigenvalue weighted by Gasteiger charge is -2.11. The van der Waals surface area contributed by atoms with E-state index in [0.29, 0.717) is 24.2 Å². The van der Waals surface area contributed by atoms with Crippen LogP contribution in [0.25, 0.3) is 15.7 Å². The molecule has 0 aliphatic heterocycles. The van der Waals surface area contributed by atoms with Crippen LogP contribution in [0.1, 0.15) is 18.3 Å². The van der Waals surface area contributed by atoms with Crippen LogP contribution in [-0.4, -0.2) is 27.2 Å². The minimum Gasteiger partial charge on any atom is -0.496 e. The normalized spacial score (nSPS) is 11.2. The first kappa shape index (κ1) is 18.2. The molecule has 3 heterocycles. The first-order valence-corrected chi connectivity index (χ1v) is 9.87. The third-order valence-corrected chi connectivity index (χ3v) is 5.55. The van der Waals surface area contributed by atoms with Gasteiger partial charge in [-0.3, -0.25) is 14.0 Å². The van der Waals surface area contributed by atoms with Crippen molar-refractivity contribution in [3.63, 3.8) is 0 Å². The zero-order valence-corrected chi connectivity index (χ0v) is 16.5. The van der Waals surface area contributed by atoms with E-state index in [4.69, 9.17) is 4.74 Å². The summed E-state index contributed by atoms with van der Waals surface area (Å²) in [6.45, 7) is 2.18. The number of benzene rings is 1. The molecule has 0 atom stereocenters. The average molecular weight is 396 g/mol. The molecular weight excluding hydrogens is 376 g/mol. The summed E-state index contributed by atoms with van der Waals surface area (Å²) in [5.74, 6) is 1.19. The predicted molar refractivity (Wildman–Crippen MR) is 109 cm³/mol. The van der Waals surface area contributed by atoms with Gasteiger partial charge in [-0.05, 0) is 23.6 Å². The molecule has 4 rings (SSSR count). The highest BCUT2D eigenvalue weighted by Gasteiger charge is 2.16. The van der Waals surface area contributed by atoms with Crippen LogP contribution >= 0.6 is 11.3 Å². The SMILES string of the molecule is CCc1nn(CC(=O)NCc2ccccc2OC)c(=O)c2cc3ccsc3n12. The lowest BCUT2D eigenvalue weighted by Crippen LogP contribution is -2.35. The van der Waals surface area contributed by atoms with Gasteiger partial charge >= 0.3 is 0 Å². The van der Waals surface area contributed by atoms with Gasteiger partial charge in [0.1, 0.15) is 28.5 Å². The fourth-order valence-corrected chi connectivity index (χ4v) is 4.19. The van der Waals surface area contributed by atoms with Crippen LogP contribution < -0.4 is 15.6 Å². The first-order valence-electron chi connectivity index (χ1n) is 8.99. The van der Waals surface area contributed by atoms with Crippen LogP contribution in [0.15, 0.2) is 46.6 Å². The minimum absolute atomic E-state index is 0.129. The summed E-state index contributed by atoms with van der Waals surface area (Å²) < 4.78 is 8.43. The van der Waals surface area contributed by atoms with Gasteiger partial charge in [0.2, 0.25) is 5.91 Å². The molecule has 0 spiro atoms. The largest absolute Gasteiger partial charge is 0.496 e. The van der Waals surface area contributed by atoms with Gasteiger partial charge in [-0.15, -0.1) is 11.3 Å². The number of carbonyl (C=O) groups excluding carboxylic acids is 1. The number of aromatic nitrogens is 3. The Morgan fingerprint density at radius 2 is 2.11 bits per heavy atom. The summed E-state index contributed by atoms with van der Waals surface area (Å²) in [6, 6.07) is 11.3. The van der Waals surface area contributed by atoms with E-state index >= 15 is 0 Å². The molecule has 4 aromatic rings. The van der Waals surface area contributed by atoms with Crippen LogP contribution in [0.3, 0.4) is 0 Å². The fourth-order valence-electron chi connectivity index (χ4n) is 3.27. The Morgan fingerprint density at radius 3 is 2.89 bits per heavy atom. The Balaban J connectivity index is 1.60. The lowest BCUT2D eigenvalue weighted by atomic mass is 10.2. The summed E-state index contributed by atoms with van der Waals surface area (Å²) in [5.41, 5.74) is 1.15. The second-order valence-corrected chi connectivity index (χ2v) is 7.26. The van der Waals surface area contributed by atoms with Gasteiger partial charge in [0, 0.05) is 23.9 Å². The van der Waals surface area contributed by atoms with Gasteiger partial charge in [0.05, 0.1) is 7.11 Å². The number of fused-ring (bicyclic) bond motifs is 3. The monoisotopic (exact) mass is 396 g/mol. The Hall–Kier alpha value is -3.13. The van der Waals surface area contributed by atoms with Crippen molar-refractivity contribution in [3.05, 3.63) is 63.5 Å². The Morgan fingerprint density at radius 1 is 1.29 bits per heavy atom. The van der Waals surface area contributed by atoms with Gasteiger partial charge in [0.25, 0.3) is 5.56 Å². The number of thiophene rings is 1. The van der Waals surface area contributed by atoms with Crippen molar-refractivity contribution in [3.8, 4) is 5.75 Å². The maximum absolute atomic E-state index is 12.9. The molecule has 1 N–H and O–H groups in total. The molecule has 0 aliphatic rings. The van der Waals surface area contributed by atoms with Crippen molar-refractivity contribution in [1.29, 1.82) is 0 Å². The lowest BCUT2D eigenvalue weighted by molar-refractivity contribution is -0.122. The van der Waals surface area contributed by atoms with Crippen molar-refractivity contribution in [2.45, 2.75) is 26.4 Å². The third kappa shape index (κ3) is 3.16. The number of para-hydroxylation sites is 1. The Kier molecular flexibility index (Phi) is 4.87. The predicted octanol–water partition coefficient (Wildman–Crippen LogP) is 2.60. The van der Waals surface area contributed by atoms with Crippen molar-refractivity contribution >= 4 is 33.0 Å². The maximum Gasteiger partial charge on any atom is 0.291 e. The molecular formula is C20H20N4O3S. The first-order chi connectivity index (χ1) is 13.6. The molecule has 3 aromatic heterocycles. The van der Waals surface area contributed by atoms with E-state index < -0.39 is 0 Å². The molecule has 0 fully saturated rings. The standard InChI is InChI=1S/C20H20N4O3S/c1-3-17-22-23(19(26)15-10-13-8-9-28-20(13)24(15)17)12-18(25)21-11-14-6-4-5-7-16(14)27-2/h4-10H,3,11-12H2,1-2H3,(H,21,25). The second kappa shape index (κ2) is 7.47. The topological polar surface area (TPSA) is 77.6 Å². The van der Waals surface area contributed by atoms with Gasteiger partial charge in [-0.25, -0.2) is 4.68 Å². The molecule has 1 amide bonds. The minimum atomic E-state index is -0.278. The molecule has 0 saturated carbocycles. The van der Waals surface area contributed by atoms with Crippen LogP contribution in [0.4, 0.5) is 0 Å². The molecule has 0 aliphatic carbocycles. The summed E-state index contributed by atoms with van der Waals surface area (Å²) in [4.78, 5) is 26.3. The van der Waals surface area contributed by atoms with E-state index in [1.807, 2.05) is 53.1 Å². The average Bonchev–Trinajstić information content (AvgIpc) is 3.30. The van der Waals surface area contributed by atoms with Crippen LogP contribution in [0.5, 0.6) is 5.75 Å². The van der Waals surface area contributed by atoms with E-state index in [2.05, 4.69) is 10.4 Å². The fraction of sp³-hybridized carbons (Fsp3) is 0.250. The van der Waals surface area contributed by atoms with Gasteiger partial charge in [-0.1, -0.05) is 25.1 Å². The third-order valence-electron chi connectivity index (χ3n) is 4.64. The smallest absolute Gasteiger partial charge is 0.291 e. The number of rotatable bonds is 6. The summed E-state index contributed by atoms with van der Waals surface area (Å²) in [7, 11) is 1.59. The highest BCUT2D eigenvalue weighted by Crippen LogP contribution is 2.24. The number of amides is 1. The summed E-state index contributed by atoms with van der Waals surface area (Å²) >= 11 is 1.57. The van der Waals surface area contributed by atoms with E-state index in [9.17, 15) is 9.59 Å². The molecule has 0 saturated heterocycles. The number of ether oxygens (including phenoxy) is 1. The summed E-state index contributed by atoms with van der Waals surface area (Å²) in [6.07, 6.45) is 0.654. The second-order valence-electron chi connectivity index (χ2n) is 6.37. The Labute approximate surface area is 165 Å². The van der Waals surface area contributed by atoms with Gasteiger partial charge in [0.15, 0.2) is 0 Å². The zero-order valence-electron chi connectivity index (χ0n) is 15.6. The number of hydrogen-bond acceptors (Lipinski definition) is 5. The number of hydrogen-bond donors (Lipinski definition) is 1. The number of carbonyl (C=O) groups is 1. The molecule has 28 heavy (non-hydrogen) atoms. The van der Waals surface area contributed by atoms with Crippen molar-refractivity contribution < 1.29 is 9.53 Å². The van der Waals surface area contributed by atoms with Crippen LogP contribution in [0.2, 0.25) is 0 Å². The highest BCUT2D eigenvalue weighted by molar-refractivity contribution is 7.16. The molecule has 144 valence electrons. The van der Waals surface area contributed by atoms with Crippen molar-refractivity contribution in [2.75, 3.05) is 7.11 Å². The van der Waals surface area contributed by atoms with E-state index in [0.717, 1.165) is 21.6 Å². The number of aryl methyl sites for hydroxylation is 1. The van der Waals surface area contributed by atoms with Gasteiger partial charge in [-0.2, -0.15) is 5.10 Å². The molecule has 0 unspecified atom stereocenters. The van der Waals surface area contributed by atoms with Crippen molar-refractivity contribution in [2.24, 2.45) is 0 Å². The Bertz CT molecular complexity index is 1220. The van der Waals surface area contributed by atoms with Gasteiger partial charge < -0.3 is 10.1 Å². The van der Waals surface area contributed by atoms with Crippen LogP contribution in [0, 0.1) is 0 Å². The highest BCUT2D eigenvalue weighted by atomic mass is 32.1. The van der Waals surface area contributed by atoms with E-state index in [1.165, 1.54) is 4.68 Å². The molecule has 0 radical (unpaired) electrons. The number of nitrogens with zero attached hydrogens (tertiary/aromatic N) is 3. The maximum atomic E-state index is 12.9. The molecule has 8 heteroatoms. The van der Waals surface area contributed by atoms with Crippen molar-refractivity contribution in [1.82, 2.24) is 19.5 Å². The van der Waals surface area contributed by atoms with E-state index in [-0.39, 0.29) is 18.0 Å². The molecule has 7 nitrogen and oxygen atoms in total. The number of methoxy groups -OCH3 is 1. The molecule has 0 bridgehead atoms. The van der Waals surface area contributed by atoms with E-state index in [1.54, 1.807) is 18.4 Å². The quantitative estimate of drug-likeness (QED) is 0.543. The number of nitrogens with one attached hydrogen (secondary N) is 1.